The lowest BCUT2D eigenvalue weighted by molar-refractivity contribution is 0.399. The fourth-order valence-corrected chi connectivity index (χ4v) is 0.659. The average Bonchev–Trinajstić information content (AvgIpc) is 2.73. The van der Waals surface area contributed by atoms with Gasteiger partial charge in [0.15, 0.2) is 0 Å². The van der Waals surface area contributed by atoms with Crippen molar-refractivity contribution in [2.75, 3.05) is 7.11 Å². The third kappa shape index (κ3) is 8.82. The van der Waals surface area contributed by atoms with E-state index in [0.717, 1.165) is 20.1 Å². The highest BCUT2D eigenvalue weighted by atomic mass is 16.2. The molecule has 0 atom stereocenters. The minimum absolute atomic E-state index is 0.990. The first-order valence-electron chi connectivity index (χ1n) is 4.45. The Bertz CT molecular complexity index is 171. The Morgan fingerprint density at radius 3 is 2.46 bits per heavy atom. The van der Waals surface area contributed by atoms with Crippen LogP contribution in [0.1, 0.15) is 20.3 Å². The molecule has 3 nitrogen and oxygen atoms in total. The van der Waals surface area contributed by atoms with Gasteiger partial charge in [0.25, 0.3) is 0 Å². The fourth-order valence-electron chi connectivity index (χ4n) is 0.659. The number of hydrogen-bond acceptors (Lipinski definition) is 2. The van der Waals surface area contributed by atoms with Gasteiger partial charge in [0, 0.05) is 26.0 Å². The van der Waals surface area contributed by atoms with Gasteiger partial charge in [0.2, 0.25) is 0 Å². The lowest BCUT2D eigenvalue weighted by Gasteiger charge is -1.94. The smallest absolute Gasteiger partial charge is 0.0946 e. The van der Waals surface area contributed by atoms with Gasteiger partial charge >= 0.3 is 0 Å². The van der Waals surface area contributed by atoms with E-state index in [9.17, 15) is 0 Å². The number of aryl methyl sites for hydroxylation is 1. The Hall–Kier alpha value is -1.09. The van der Waals surface area contributed by atoms with Crippen molar-refractivity contribution >= 4 is 0 Å². The van der Waals surface area contributed by atoms with Crippen molar-refractivity contribution in [3.05, 3.63) is 31.4 Å². The molecule has 1 aromatic heterocycles. The molecule has 0 unspecified atom stereocenters. The van der Waals surface area contributed by atoms with E-state index in [-0.39, 0.29) is 0 Å². The van der Waals surface area contributed by atoms with Crippen molar-refractivity contribution in [1.29, 1.82) is 0 Å². The molecule has 0 saturated heterocycles. The summed E-state index contributed by atoms with van der Waals surface area (Å²) in [5.41, 5.74) is 0. The van der Waals surface area contributed by atoms with E-state index in [2.05, 4.69) is 11.6 Å². The van der Waals surface area contributed by atoms with Gasteiger partial charge in [-0.1, -0.05) is 19.9 Å². The Labute approximate surface area is 80.7 Å². The largest absolute Gasteiger partial charge is 0.400 e. The van der Waals surface area contributed by atoms with Crippen LogP contribution < -0.4 is 0 Å². The van der Waals surface area contributed by atoms with Crippen LogP contribution in [0.15, 0.2) is 31.4 Å². The van der Waals surface area contributed by atoms with Crippen molar-refractivity contribution in [3.8, 4) is 0 Å². The number of aliphatic hydroxyl groups is 1. The van der Waals surface area contributed by atoms with Crippen LogP contribution in [-0.2, 0) is 6.54 Å². The second kappa shape index (κ2) is 13.5. The maximum Gasteiger partial charge on any atom is 0.0946 e. The van der Waals surface area contributed by atoms with Crippen LogP contribution in [0.4, 0.5) is 0 Å². The van der Waals surface area contributed by atoms with Crippen LogP contribution in [0, 0.1) is 0 Å². The molecule has 3 heteroatoms. The molecule has 0 amide bonds. The molecule has 0 aliphatic heterocycles. The molecule has 13 heavy (non-hydrogen) atoms. The monoisotopic (exact) mass is 184 g/mol. The first-order valence-corrected chi connectivity index (χ1v) is 4.45. The molecule has 0 aromatic carbocycles. The van der Waals surface area contributed by atoms with Crippen molar-refractivity contribution in [1.82, 2.24) is 9.55 Å². The van der Waals surface area contributed by atoms with Gasteiger partial charge in [-0.05, 0) is 6.42 Å². The Morgan fingerprint density at radius 2 is 2.08 bits per heavy atom. The molecule has 0 radical (unpaired) electrons. The minimum Gasteiger partial charge on any atom is -0.400 e. The molecule has 0 bridgehead atoms. The van der Waals surface area contributed by atoms with Crippen LogP contribution in [0.5, 0.6) is 0 Å². The quantitative estimate of drug-likeness (QED) is 0.730. The molecule has 0 spiro atoms. The second-order valence-corrected chi connectivity index (χ2v) is 1.88. The van der Waals surface area contributed by atoms with Crippen LogP contribution in [0.2, 0.25) is 0 Å². The number of imidazole rings is 1. The maximum absolute atomic E-state index is 7.00. The zero-order valence-electron chi connectivity index (χ0n) is 8.77. The Balaban J connectivity index is 0. The molecular weight excluding hydrogens is 164 g/mol. The molecule has 0 aliphatic rings. The highest BCUT2D eigenvalue weighted by Crippen LogP contribution is 1.89. The summed E-state index contributed by atoms with van der Waals surface area (Å²) in [5, 5.41) is 7.00. The number of nitrogens with zero attached hydrogens (tertiary/aromatic N) is 2. The predicted octanol–water partition coefficient (Wildman–Crippen LogP) is 2.09. The van der Waals surface area contributed by atoms with Crippen molar-refractivity contribution in [3.63, 3.8) is 0 Å². The molecule has 1 heterocycles. The SMILES string of the molecule is C=CCCn1ccnc1.CC.CO. The topological polar surface area (TPSA) is 38.0 Å². The van der Waals surface area contributed by atoms with Crippen LogP contribution >= 0.6 is 0 Å². The molecule has 0 aliphatic carbocycles. The van der Waals surface area contributed by atoms with Gasteiger partial charge < -0.3 is 9.67 Å². The van der Waals surface area contributed by atoms with E-state index < -0.39 is 0 Å². The van der Waals surface area contributed by atoms with E-state index in [4.69, 9.17) is 5.11 Å². The molecule has 0 fully saturated rings. The number of allylic oxidation sites excluding steroid dienone is 1. The summed E-state index contributed by atoms with van der Waals surface area (Å²) in [6, 6.07) is 0. The van der Waals surface area contributed by atoms with E-state index in [0.29, 0.717) is 0 Å². The minimum atomic E-state index is 0.990. The Kier molecular flexibility index (Phi) is 15.0. The van der Waals surface area contributed by atoms with E-state index in [1.807, 2.05) is 37.0 Å². The molecule has 0 saturated carbocycles. The van der Waals surface area contributed by atoms with Crippen molar-refractivity contribution in [2.45, 2.75) is 26.8 Å². The molecular formula is C10H20N2O. The van der Waals surface area contributed by atoms with Gasteiger partial charge in [-0.25, -0.2) is 4.98 Å². The lowest BCUT2D eigenvalue weighted by atomic mass is 10.4. The predicted molar refractivity (Wildman–Crippen MR) is 56.5 cm³/mol. The number of rotatable bonds is 3. The molecule has 1 rings (SSSR count). The lowest BCUT2D eigenvalue weighted by Crippen LogP contribution is -1.90. The van der Waals surface area contributed by atoms with Crippen molar-refractivity contribution < 1.29 is 5.11 Å². The van der Waals surface area contributed by atoms with Gasteiger partial charge in [-0.15, -0.1) is 6.58 Å². The standard InChI is InChI=1S/C7H10N2.C2H6.CH4O/c1-2-3-5-9-6-4-8-7-9;2*1-2/h2,4,6-7H,1,3,5H2;1-2H3;2H,1H3. The number of hydrogen-bond donors (Lipinski definition) is 1. The summed E-state index contributed by atoms with van der Waals surface area (Å²) in [6.07, 6.45) is 8.45. The average molecular weight is 184 g/mol. The molecule has 1 aromatic rings. The highest BCUT2D eigenvalue weighted by Gasteiger charge is 1.83. The van der Waals surface area contributed by atoms with Gasteiger partial charge in [-0.3, -0.25) is 0 Å². The van der Waals surface area contributed by atoms with Crippen molar-refractivity contribution in [2.24, 2.45) is 0 Å². The van der Waals surface area contributed by atoms with Crippen LogP contribution in [-0.4, -0.2) is 21.8 Å². The van der Waals surface area contributed by atoms with Crippen LogP contribution in [0.3, 0.4) is 0 Å². The normalized spacial score (nSPS) is 7.38. The summed E-state index contributed by atoms with van der Waals surface area (Å²) in [7, 11) is 1.00. The summed E-state index contributed by atoms with van der Waals surface area (Å²) < 4.78 is 2.03. The van der Waals surface area contributed by atoms with E-state index in [1.54, 1.807) is 6.20 Å². The van der Waals surface area contributed by atoms with E-state index >= 15 is 0 Å². The van der Waals surface area contributed by atoms with Gasteiger partial charge in [0.05, 0.1) is 6.33 Å². The number of aliphatic hydroxyl groups excluding tert-OH is 1. The van der Waals surface area contributed by atoms with Crippen LogP contribution in [0.25, 0.3) is 0 Å². The highest BCUT2D eigenvalue weighted by molar-refractivity contribution is 4.76. The van der Waals surface area contributed by atoms with E-state index in [1.165, 1.54) is 0 Å². The Morgan fingerprint density at radius 1 is 1.46 bits per heavy atom. The third-order valence-electron chi connectivity index (χ3n) is 1.15. The summed E-state index contributed by atoms with van der Waals surface area (Å²) in [6.45, 7) is 8.62. The summed E-state index contributed by atoms with van der Waals surface area (Å²) in [4.78, 5) is 3.90. The molecule has 1 N–H and O–H groups in total. The number of aromatic nitrogens is 2. The zero-order valence-corrected chi connectivity index (χ0v) is 8.77. The zero-order chi connectivity index (χ0) is 10.5. The second-order valence-electron chi connectivity index (χ2n) is 1.88. The maximum atomic E-state index is 7.00. The third-order valence-corrected chi connectivity index (χ3v) is 1.15. The van der Waals surface area contributed by atoms with Gasteiger partial charge in [-0.2, -0.15) is 0 Å². The molecule has 76 valence electrons. The summed E-state index contributed by atoms with van der Waals surface area (Å²) >= 11 is 0. The van der Waals surface area contributed by atoms with Gasteiger partial charge in [0.1, 0.15) is 0 Å². The first kappa shape index (κ1) is 14.4. The fraction of sp³-hybridized carbons (Fsp3) is 0.500. The first-order chi connectivity index (χ1) is 6.43. The summed E-state index contributed by atoms with van der Waals surface area (Å²) in [5.74, 6) is 0.